The van der Waals surface area contributed by atoms with Crippen LogP contribution in [0, 0.1) is 34.5 Å². The molecule has 0 amide bonds. The predicted molar refractivity (Wildman–Crippen MR) is 198 cm³/mol. The van der Waals surface area contributed by atoms with Crippen LogP contribution in [-0.2, 0) is 13.6 Å². The number of ether oxygens (including phenoxy) is 4. The summed E-state index contributed by atoms with van der Waals surface area (Å²) in [6.45, 7) is 3.66. The molecule has 0 bridgehead atoms. The molecule has 0 N–H and O–H groups in total. The van der Waals surface area contributed by atoms with Gasteiger partial charge < -0.3 is 28.7 Å². The summed E-state index contributed by atoms with van der Waals surface area (Å²) in [5, 5.41) is 21.6. The lowest BCUT2D eigenvalue weighted by molar-refractivity contribution is 0.169. The quantitative estimate of drug-likeness (QED) is 0.136. The van der Waals surface area contributed by atoms with E-state index in [0.29, 0.717) is 60.4 Å². The molecule has 14 heteroatoms. The molecule has 6 rings (SSSR count). The summed E-state index contributed by atoms with van der Waals surface area (Å²) in [5.74, 6) is 2.74. The number of fused-ring (bicyclic) bond motifs is 2. The molecule has 2 aromatic heterocycles. The number of rotatable bonds is 12. The van der Waals surface area contributed by atoms with Gasteiger partial charge >= 0.3 is 8.25 Å². The zero-order valence-corrected chi connectivity index (χ0v) is 31.0. The van der Waals surface area contributed by atoms with E-state index in [1.807, 2.05) is 24.3 Å². The van der Waals surface area contributed by atoms with E-state index < -0.39 is 8.25 Å². The number of hydrogen-bond donors (Lipinski definition) is 0. The molecule has 13 nitrogen and oxygen atoms in total. The van der Waals surface area contributed by atoms with E-state index in [-0.39, 0.29) is 11.8 Å². The van der Waals surface area contributed by atoms with E-state index in [0.717, 1.165) is 84.8 Å². The van der Waals surface area contributed by atoms with E-state index in [1.54, 1.807) is 40.8 Å². The van der Waals surface area contributed by atoms with Gasteiger partial charge in [-0.25, -0.2) is 0 Å². The highest BCUT2D eigenvalue weighted by Gasteiger charge is 2.30. The van der Waals surface area contributed by atoms with Crippen molar-refractivity contribution in [1.82, 2.24) is 9.97 Å². The van der Waals surface area contributed by atoms with Gasteiger partial charge in [0.2, 0.25) is 0 Å². The molecule has 0 radical (unpaired) electrons. The van der Waals surface area contributed by atoms with E-state index in [9.17, 15) is 15.1 Å². The molecule has 2 aliphatic rings. The Balaban J connectivity index is 1.03. The number of aromatic nitrogens is 2. The van der Waals surface area contributed by atoms with E-state index in [2.05, 4.69) is 31.9 Å². The molecular formula is C38H44N6O7P+. The maximum absolute atomic E-state index is 12.9. The first kappa shape index (κ1) is 36.8. The molecule has 52 heavy (non-hydrogen) atoms. The molecule has 0 aliphatic carbocycles. The standard InChI is InChI=1S/C38H44N6O7P/c1-46-33-15-29-31(17-35(33)48-3)41-21-27(19-39)37(29)43-11-5-7-25(9-13-43)23-50-52(45)51-24-26-8-6-12-44(14-10-26)38-28(20-40)22-42-32-18-36(49-4)34(47-2)16-30(32)38/h15-18,21-22,25-26H,5-14,23-24H2,1-4H3/q+1. The van der Waals surface area contributed by atoms with Gasteiger partial charge in [-0.3, -0.25) is 9.97 Å². The predicted octanol–water partition coefficient (Wildman–Crippen LogP) is 7.16. The first-order valence-electron chi connectivity index (χ1n) is 17.5. The van der Waals surface area contributed by atoms with Crippen molar-refractivity contribution in [1.29, 1.82) is 10.5 Å². The molecule has 2 aromatic carbocycles. The van der Waals surface area contributed by atoms with Crippen molar-refractivity contribution in [3.8, 4) is 35.1 Å². The first-order valence-corrected chi connectivity index (χ1v) is 18.6. The van der Waals surface area contributed by atoms with Crippen molar-refractivity contribution in [2.75, 3.05) is 77.6 Å². The van der Waals surface area contributed by atoms with Crippen molar-refractivity contribution in [2.45, 2.75) is 38.5 Å². The third kappa shape index (κ3) is 7.93. The van der Waals surface area contributed by atoms with Crippen LogP contribution in [0.15, 0.2) is 36.7 Å². The Morgan fingerprint density at radius 3 is 1.44 bits per heavy atom. The highest BCUT2D eigenvalue weighted by Crippen LogP contribution is 2.40. The van der Waals surface area contributed by atoms with Gasteiger partial charge in [-0.15, -0.1) is 9.05 Å². The second kappa shape index (κ2) is 17.1. The van der Waals surface area contributed by atoms with Crippen LogP contribution in [0.1, 0.15) is 49.7 Å². The number of anilines is 2. The lowest BCUT2D eigenvalue weighted by Crippen LogP contribution is -2.26. The second-order valence-corrected chi connectivity index (χ2v) is 14.1. The summed E-state index contributed by atoms with van der Waals surface area (Å²) in [6.07, 6.45) is 8.47. The average molecular weight is 728 g/mol. The van der Waals surface area contributed by atoms with Crippen LogP contribution in [0.4, 0.5) is 11.4 Å². The van der Waals surface area contributed by atoms with Crippen LogP contribution in [-0.4, -0.2) is 77.8 Å². The summed E-state index contributed by atoms with van der Waals surface area (Å²) in [6, 6.07) is 12.1. The third-order valence-corrected chi connectivity index (χ3v) is 10.8. The molecule has 0 saturated carbocycles. The minimum Gasteiger partial charge on any atom is -0.493 e. The van der Waals surface area contributed by atoms with Crippen LogP contribution in [0.3, 0.4) is 0 Å². The van der Waals surface area contributed by atoms with Gasteiger partial charge in [0.15, 0.2) is 23.0 Å². The fourth-order valence-electron chi connectivity index (χ4n) is 7.34. The lowest BCUT2D eigenvalue weighted by Gasteiger charge is -2.25. The van der Waals surface area contributed by atoms with E-state index in [4.69, 9.17) is 28.0 Å². The number of hydrogen-bond acceptors (Lipinski definition) is 13. The Labute approximate surface area is 304 Å². The zero-order chi connectivity index (χ0) is 36.6. The summed E-state index contributed by atoms with van der Waals surface area (Å²) < 4.78 is 46.5. The molecule has 2 saturated heterocycles. The Kier molecular flexibility index (Phi) is 12.1. The first-order chi connectivity index (χ1) is 25.4. The molecule has 2 fully saturated rings. The Hall–Kier alpha value is -4.94. The molecule has 0 spiro atoms. The number of pyridine rings is 2. The fraction of sp³-hybridized carbons (Fsp3) is 0.474. The Morgan fingerprint density at radius 1 is 0.654 bits per heavy atom. The maximum atomic E-state index is 12.9. The summed E-state index contributed by atoms with van der Waals surface area (Å²) in [4.78, 5) is 13.5. The molecule has 4 aromatic rings. The fourth-order valence-corrected chi connectivity index (χ4v) is 8.08. The van der Waals surface area contributed by atoms with Gasteiger partial charge in [-0.2, -0.15) is 10.5 Å². The van der Waals surface area contributed by atoms with Crippen LogP contribution >= 0.6 is 8.25 Å². The molecule has 2 unspecified atom stereocenters. The maximum Gasteiger partial charge on any atom is 0.697 e. The normalized spacial score (nSPS) is 18.2. The largest absolute Gasteiger partial charge is 0.697 e. The van der Waals surface area contributed by atoms with Crippen molar-refractivity contribution in [3.05, 3.63) is 47.8 Å². The summed E-state index contributed by atoms with van der Waals surface area (Å²) in [5.41, 5.74) is 4.15. The molecule has 2 atom stereocenters. The Morgan fingerprint density at radius 2 is 1.06 bits per heavy atom. The van der Waals surface area contributed by atoms with Crippen molar-refractivity contribution in [2.24, 2.45) is 11.8 Å². The van der Waals surface area contributed by atoms with E-state index >= 15 is 0 Å². The van der Waals surface area contributed by atoms with Crippen molar-refractivity contribution < 1.29 is 32.6 Å². The van der Waals surface area contributed by atoms with Gasteiger partial charge in [0, 0.05) is 66.0 Å². The van der Waals surface area contributed by atoms with Crippen LogP contribution in [0.2, 0.25) is 0 Å². The smallest absolute Gasteiger partial charge is 0.493 e. The van der Waals surface area contributed by atoms with Crippen LogP contribution in [0.5, 0.6) is 23.0 Å². The monoisotopic (exact) mass is 727 g/mol. The highest BCUT2D eigenvalue weighted by atomic mass is 31.1. The molecular weight excluding hydrogens is 683 g/mol. The van der Waals surface area contributed by atoms with E-state index in [1.165, 1.54) is 0 Å². The second-order valence-electron chi connectivity index (χ2n) is 13.1. The molecule has 4 heterocycles. The number of methoxy groups -OCH3 is 4. The highest BCUT2D eigenvalue weighted by molar-refractivity contribution is 7.33. The van der Waals surface area contributed by atoms with Gasteiger partial charge in [0.05, 0.1) is 62.0 Å². The van der Waals surface area contributed by atoms with Crippen LogP contribution < -0.4 is 28.7 Å². The van der Waals surface area contributed by atoms with Crippen molar-refractivity contribution >= 4 is 41.4 Å². The number of nitriles is 2. The minimum absolute atomic E-state index is 0.204. The SMILES string of the molecule is COc1cc2ncc(C#N)c(N3CCCC(CO[P+](=O)OCC4CCCN(c5c(C#N)cnc6cc(OC)c(OC)cc56)CC4)CC3)c2cc1OC. The van der Waals surface area contributed by atoms with Gasteiger partial charge in [-0.05, 0) is 62.5 Å². The average Bonchev–Trinajstić information content (AvgIpc) is 3.57. The summed E-state index contributed by atoms with van der Waals surface area (Å²) >= 11 is 0. The molecule has 2 aliphatic heterocycles. The summed E-state index contributed by atoms with van der Waals surface area (Å²) in [7, 11) is 4.08. The zero-order valence-electron chi connectivity index (χ0n) is 30.1. The third-order valence-electron chi connectivity index (χ3n) is 10.1. The minimum atomic E-state index is -2.27. The van der Waals surface area contributed by atoms with Crippen LogP contribution in [0.25, 0.3) is 21.8 Å². The number of benzene rings is 2. The Bertz CT molecular complexity index is 1870. The van der Waals surface area contributed by atoms with Crippen molar-refractivity contribution in [3.63, 3.8) is 0 Å². The topological polar surface area (TPSA) is 152 Å². The van der Waals surface area contributed by atoms with Gasteiger partial charge in [0.25, 0.3) is 0 Å². The number of nitrogens with zero attached hydrogens (tertiary/aromatic N) is 6. The molecule has 272 valence electrons. The lowest BCUT2D eigenvalue weighted by atomic mass is 10.0. The van der Waals surface area contributed by atoms with Gasteiger partial charge in [-0.1, -0.05) is 0 Å². The van der Waals surface area contributed by atoms with Gasteiger partial charge in [0.1, 0.15) is 25.4 Å².